The Hall–Kier alpha value is -2.57. The highest BCUT2D eigenvalue weighted by Crippen LogP contribution is 2.23. The maximum Gasteiger partial charge on any atom is 0.338 e. The molecule has 28 heavy (non-hydrogen) atoms. The third kappa shape index (κ3) is 5.03. The van der Waals surface area contributed by atoms with Crippen molar-refractivity contribution in [2.75, 3.05) is 19.7 Å². The lowest BCUT2D eigenvalue weighted by atomic mass is 10.0. The SMILES string of the molecule is CC(=N)[C@@H](C#N)C(=O)COC(=O)c1ccc(S(=O)(=O)N2CCC(C)CC2)cc1. The Kier molecular flexibility index (Phi) is 7.05. The van der Waals surface area contributed by atoms with Crippen LogP contribution >= 0.6 is 0 Å². The van der Waals surface area contributed by atoms with Gasteiger partial charge >= 0.3 is 5.97 Å². The summed E-state index contributed by atoms with van der Waals surface area (Å²) < 4.78 is 31.7. The van der Waals surface area contributed by atoms with Gasteiger partial charge in [0.25, 0.3) is 0 Å². The highest BCUT2D eigenvalue weighted by Gasteiger charge is 2.28. The van der Waals surface area contributed by atoms with Crippen LogP contribution in [-0.4, -0.2) is 49.9 Å². The largest absolute Gasteiger partial charge is 0.454 e. The number of benzene rings is 1. The number of carbonyl (C=O) groups is 2. The molecule has 2 rings (SSSR count). The number of nitrogens with zero attached hydrogens (tertiary/aromatic N) is 2. The predicted molar refractivity (Wildman–Crippen MR) is 101 cm³/mol. The Balaban J connectivity index is 2.02. The first-order chi connectivity index (χ1) is 13.2. The van der Waals surface area contributed by atoms with E-state index in [2.05, 4.69) is 6.92 Å². The third-order valence-electron chi connectivity index (χ3n) is 4.70. The van der Waals surface area contributed by atoms with Crippen molar-refractivity contribution in [1.29, 1.82) is 10.7 Å². The fraction of sp³-hybridized carbons (Fsp3) is 0.474. The Bertz CT molecular complexity index is 894. The molecule has 9 heteroatoms. The number of hydrogen-bond donors (Lipinski definition) is 1. The zero-order chi connectivity index (χ0) is 20.9. The molecule has 8 nitrogen and oxygen atoms in total. The minimum absolute atomic E-state index is 0.0960. The van der Waals surface area contributed by atoms with Gasteiger partial charge in [-0.25, -0.2) is 13.2 Å². The van der Waals surface area contributed by atoms with Crippen molar-refractivity contribution in [3.05, 3.63) is 29.8 Å². The molecule has 0 aromatic heterocycles. The maximum absolute atomic E-state index is 12.7. The quantitative estimate of drug-likeness (QED) is 0.546. The summed E-state index contributed by atoms with van der Waals surface area (Å²) >= 11 is 0. The van der Waals surface area contributed by atoms with Crippen LogP contribution < -0.4 is 0 Å². The van der Waals surface area contributed by atoms with Crippen LogP contribution in [0.3, 0.4) is 0 Å². The van der Waals surface area contributed by atoms with E-state index in [9.17, 15) is 18.0 Å². The van der Waals surface area contributed by atoms with Crippen molar-refractivity contribution in [2.45, 2.75) is 31.6 Å². The minimum Gasteiger partial charge on any atom is -0.454 e. The lowest BCUT2D eigenvalue weighted by Crippen LogP contribution is -2.37. The van der Waals surface area contributed by atoms with E-state index in [4.69, 9.17) is 15.4 Å². The summed E-state index contributed by atoms with van der Waals surface area (Å²) in [6.07, 6.45) is 1.63. The lowest BCUT2D eigenvalue weighted by molar-refractivity contribution is -0.122. The van der Waals surface area contributed by atoms with Crippen LogP contribution in [0.25, 0.3) is 0 Å². The van der Waals surface area contributed by atoms with Gasteiger partial charge < -0.3 is 10.1 Å². The summed E-state index contributed by atoms with van der Waals surface area (Å²) in [5, 5.41) is 16.2. The van der Waals surface area contributed by atoms with E-state index in [1.165, 1.54) is 35.5 Å². The number of rotatable bonds is 7. The number of sulfonamides is 1. The predicted octanol–water partition coefficient (Wildman–Crippen LogP) is 2.01. The van der Waals surface area contributed by atoms with Crippen molar-refractivity contribution in [3.63, 3.8) is 0 Å². The number of carbonyl (C=O) groups excluding carboxylic acids is 2. The molecule has 1 saturated heterocycles. The molecule has 0 spiro atoms. The van der Waals surface area contributed by atoms with Crippen molar-refractivity contribution < 1.29 is 22.7 Å². The van der Waals surface area contributed by atoms with Crippen LogP contribution in [0.5, 0.6) is 0 Å². The summed E-state index contributed by atoms with van der Waals surface area (Å²) in [5.41, 5.74) is -0.0238. The molecule has 1 heterocycles. The van der Waals surface area contributed by atoms with Crippen molar-refractivity contribution in [2.24, 2.45) is 11.8 Å². The van der Waals surface area contributed by atoms with Crippen LogP contribution in [0.4, 0.5) is 0 Å². The summed E-state index contributed by atoms with van der Waals surface area (Å²) in [7, 11) is -3.61. The number of nitriles is 1. The number of Topliss-reactive ketones (excluding diaryl/α,β-unsaturated/α-hetero) is 1. The van der Waals surface area contributed by atoms with Crippen molar-refractivity contribution >= 4 is 27.5 Å². The topological polar surface area (TPSA) is 128 Å². The van der Waals surface area contributed by atoms with Gasteiger partial charge in [-0.15, -0.1) is 0 Å². The second-order valence-corrected chi connectivity index (χ2v) is 8.84. The van der Waals surface area contributed by atoms with Crippen LogP contribution in [0, 0.1) is 28.6 Å². The first kappa shape index (κ1) is 21.7. The number of ketones is 1. The monoisotopic (exact) mass is 405 g/mol. The number of hydrogen-bond acceptors (Lipinski definition) is 7. The fourth-order valence-corrected chi connectivity index (χ4v) is 4.32. The normalized spacial score (nSPS) is 16.8. The molecule has 1 atom stereocenters. The molecule has 0 amide bonds. The van der Waals surface area contributed by atoms with Crippen molar-refractivity contribution in [1.82, 2.24) is 4.31 Å². The van der Waals surface area contributed by atoms with Gasteiger partial charge in [-0.05, 0) is 49.9 Å². The van der Waals surface area contributed by atoms with Crippen LogP contribution in [0.2, 0.25) is 0 Å². The van der Waals surface area contributed by atoms with E-state index in [1.807, 2.05) is 0 Å². The Morgan fingerprint density at radius 2 is 1.86 bits per heavy atom. The van der Waals surface area contributed by atoms with Crippen LogP contribution in [-0.2, 0) is 19.6 Å². The van der Waals surface area contributed by atoms with Crippen molar-refractivity contribution in [3.8, 4) is 6.07 Å². The second kappa shape index (κ2) is 9.08. The second-order valence-electron chi connectivity index (χ2n) is 6.90. The molecule has 0 aliphatic carbocycles. The Morgan fingerprint density at radius 1 is 1.29 bits per heavy atom. The first-order valence-corrected chi connectivity index (χ1v) is 10.4. The summed E-state index contributed by atoms with van der Waals surface area (Å²) in [5.74, 6) is -2.22. The highest BCUT2D eigenvalue weighted by molar-refractivity contribution is 7.89. The summed E-state index contributed by atoms with van der Waals surface area (Å²) in [6, 6.07) is 7.02. The van der Waals surface area contributed by atoms with E-state index in [0.717, 1.165) is 12.8 Å². The number of nitrogens with one attached hydrogen (secondary N) is 1. The van der Waals surface area contributed by atoms with Gasteiger partial charge in [-0.3, -0.25) is 4.79 Å². The number of esters is 1. The molecule has 1 fully saturated rings. The van der Waals surface area contributed by atoms with Gasteiger partial charge in [-0.2, -0.15) is 9.57 Å². The fourth-order valence-electron chi connectivity index (χ4n) is 2.85. The number of ether oxygens (including phenoxy) is 1. The Morgan fingerprint density at radius 3 is 2.36 bits per heavy atom. The van der Waals surface area contributed by atoms with Gasteiger partial charge in [0.1, 0.15) is 5.92 Å². The number of piperidine rings is 1. The lowest BCUT2D eigenvalue weighted by Gasteiger charge is -2.29. The zero-order valence-corrected chi connectivity index (χ0v) is 16.7. The zero-order valence-electron chi connectivity index (χ0n) is 15.8. The third-order valence-corrected chi connectivity index (χ3v) is 6.61. The van der Waals surface area contributed by atoms with Gasteiger partial charge in [0, 0.05) is 18.8 Å². The highest BCUT2D eigenvalue weighted by atomic mass is 32.2. The van der Waals surface area contributed by atoms with E-state index in [-0.39, 0.29) is 16.2 Å². The molecule has 150 valence electrons. The van der Waals surface area contributed by atoms with E-state index < -0.39 is 34.3 Å². The molecule has 1 aromatic rings. The van der Waals surface area contributed by atoms with Crippen LogP contribution in [0.1, 0.15) is 37.0 Å². The molecular formula is C19H23N3O5S. The average Bonchev–Trinajstić information content (AvgIpc) is 2.66. The molecule has 1 aromatic carbocycles. The maximum atomic E-state index is 12.7. The van der Waals surface area contributed by atoms with Gasteiger partial charge in [0.2, 0.25) is 10.0 Å². The smallest absolute Gasteiger partial charge is 0.338 e. The average molecular weight is 405 g/mol. The molecule has 0 saturated carbocycles. The van der Waals surface area contributed by atoms with E-state index in [0.29, 0.717) is 19.0 Å². The molecule has 0 unspecified atom stereocenters. The van der Waals surface area contributed by atoms with Gasteiger partial charge in [-0.1, -0.05) is 6.92 Å². The molecule has 0 bridgehead atoms. The van der Waals surface area contributed by atoms with E-state index >= 15 is 0 Å². The van der Waals surface area contributed by atoms with Gasteiger partial charge in [0.05, 0.1) is 16.5 Å². The molecule has 1 aliphatic rings. The molecule has 1 N–H and O–H groups in total. The van der Waals surface area contributed by atoms with E-state index in [1.54, 1.807) is 6.07 Å². The Labute approximate surface area is 164 Å². The first-order valence-electron chi connectivity index (χ1n) is 8.91. The molecule has 0 radical (unpaired) electrons. The standard InChI is InChI=1S/C19H23N3O5S/c1-13-7-9-22(10-8-13)28(25,26)16-5-3-15(4-6-16)19(24)27-12-18(23)17(11-20)14(2)21/h3-6,13,17,21H,7-10,12H2,1-2H3/t17-/m1/s1. The molecular weight excluding hydrogens is 382 g/mol. The summed E-state index contributed by atoms with van der Waals surface area (Å²) in [6.45, 7) is 3.75. The van der Waals surface area contributed by atoms with Crippen LogP contribution in [0.15, 0.2) is 29.2 Å². The minimum atomic E-state index is -3.61. The molecule has 1 aliphatic heterocycles. The van der Waals surface area contributed by atoms with Gasteiger partial charge in [0.15, 0.2) is 12.4 Å². The summed E-state index contributed by atoms with van der Waals surface area (Å²) in [4.78, 5) is 24.0.